The van der Waals surface area contributed by atoms with Gasteiger partial charge < -0.3 is 9.47 Å². The Labute approximate surface area is 183 Å². The second kappa shape index (κ2) is 8.03. The first kappa shape index (κ1) is 21.4. The van der Waals surface area contributed by atoms with Gasteiger partial charge in [-0.2, -0.15) is 4.39 Å². The molecule has 1 atom stereocenters. The van der Waals surface area contributed by atoms with Crippen molar-refractivity contribution in [3.8, 4) is 11.3 Å². The van der Waals surface area contributed by atoms with Crippen LogP contribution in [0.3, 0.4) is 0 Å². The lowest BCUT2D eigenvalue weighted by molar-refractivity contribution is -0.148. The lowest BCUT2D eigenvalue weighted by atomic mass is 9.92. The van der Waals surface area contributed by atoms with Crippen LogP contribution in [0.2, 0.25) is 0 Å². The summed E-state index contributed by atoms with van der Waals surface area (Å²) >= 11 is 0. The maximum absolute atomic E-state index is 13.9. The topological polar surface area (TPSA) is 108 Å². The Kier molecular flexibility index (Phi) is 5.37. The summed E-state index contributed by atoms with van der Waals surface area (Å²) in [6.45, 7) is 5.17. The van der Waals surface area contributed by atoms with Crippen molar-refractivity contribution in [3.63, 3.8) is 0 Å². The van der Waals surface area contributed by atoms with E-state index in [2.05, 4.69) is 20.6 Å². The van der Waals surface area contributed by atoms with Crippen LogP contribution in [0.5, 0.6) is 0 Å². The number of halogens is 1. The number of hydrogen-bond donors (Lipinski definition) is 1. The molecule has 0 spiro atoms. The highest BCUT2D eigenvalue weighted by Gasteiger charge is 2.34. The quantitative estimate of drug-likeness (QED) is 0.477. The zero-order chi connectivity index (χ0) is 23.0. The van der Waals surface area contributed by atoms with Crippen molar-refractivity contribution in [2.45, 2.75) is 38.9 Å². The Morgan fingerprint density at radius 1 is 1.34 bits per heavy atom. The summed E-state index contributed by atoms with van der Waals surface area (Å²) in [5.74, 6) is -1.23. The predicted molar refractivity (Wildman–Crippen MR) is 112 cm³/mol. The number of aryl methyl sites for hydroxylation is 1. The number of esters is 1. The third-order valence-electron chi connectivity index (χ3n) is 5.31. The molecule has 1 amide bonds. The molecule has 0 radical (unpaired) electrons. The van der Waals surface area contributed by atoms with Crippen molar-refractivity contribution in [1.29, 1.82) is 0 Å². The number of benzene rings is 1. The molecule has 1 aliphatic rings. The van der Waals surface area contributed by atoms with Gasteiger partial charge in [-0.3, -0.25) is 14.8 Å². The summed E-state index contributed by atoms with van der Waals surface area (Å²) < 4.78 is 26.2. The second-order valence-electron chi connectivity index (χ2n) is 7.99. The second-order valence-corrected chi connectivity index (χ2v) is 7.99. The molecule has 0 unspecified atom stereocenters. The van der Waals surface area contributed by atoms with Crippen LogP contribution in [-0.4, -0.2) is 32.0 Å². The number of rotatable bonds is 5. The fourth-order valence-corrected chi connectivity index (χ4v) is 3.66. The number of nitrogens with one attached hydrogen (secondary N) is 1. The van der Waals surface area contributed by atoms with Gasteiger partial charge in [-0.05, 0) is 45.0 Å². The van der Waals surface area contributed by atoms with E-state index in [-0.39, 0.29) is 12.0 Å². The van der Waals surface area contributed by atoms with Crippen LogP contribution in [0.15, 0.2) is 36.5 Å². The molecule has 0 aliphatic carbocycles. The van der Waals surface area contributed by atoms with Crippen molar-refractivity contribution in [2.24, 2.45) is 7.05 Å². The molecule has 1 aromatic carbocycles. The van der Waals surface area contributed by atoms with E-state index in [1.807, 2.05) is 6.07 Å². The van der Waals surface area contributed by atoms with Crippen molar-refractivity contribution in [1.82, 2.24) is 20.0 Å². The molecule has 166 valence electrons. The number of aromatic nitrogens is 4. The maximum atomic E-state index is 13.9. The number of carbonyl (C=O) groups excluding carboxylic acids is 2. The van der Waals surface area contributed by atoms with Gasteiger partial charge in [0.15, 0.2) is 0 Å². The lowest BCUT2D eigenvalue weighted by Crippen LogP contribution is -2.34. The molecule has 10 heteroatoms. The van der Waals surface area contributed by atoms with Crippen molar-refractivity contribution >= 4 is 17.7 Å². The minimum atomic E-state index is -0.835. The summed E-state index contributed by atoms with van der Waals surface area (Å²) in [6.07, 6.45) is -0.0979. The summed E-state index contributed by atoms with van der Waals surface area (Å²) in [4.78, 5) is 27.9. The number of amides is 1. The number of carbonyl (C=O) groups is 2. The normalized spacial score (nSPS) is 15.3. The van der Waals surface area contributed by atoms with Crippen molar-refractivity contribution in [3.05, 3.63) is 59.3 Å². The van der Waals surface area contributed by atoms with E-state index in [0.29, 0.717) is 22.6 Å². The van der Waals surface area contributed by atoms with Crippen LogP contribution in [0.1, 0.15) is 43.7 Å². The third-order valence-corrected chi connectivity index (χ3v) is 5.31. The van der Waals surface area contributed by atoms with Gasteiger partial charge in [0.1, 0.15) is 17.4 Å². The molecule has 1 aliphatic heterocycles. The molecule has 3 heterocycles. The first-order valence-corrected chi connectivity index (χ1v) is 9.99. The van der Waals surface area contributed by atoms with Crippen LogP contribution in [0.4, 0.5) is 14.9 Å². The first-order chi connectivity index (χ1) is 15.2. The number of ether oxygens (including phenoxy) is 2. The van der Waals surface area contributed by atoms with Crippen molar-refractivity contribution < 1.29 is 23.5 Å². The molecular formula is C22H22FN5O4. The maximum Gasteiger partial charge on any atom is 0.412 e. The van der Waals surface area contributed by atoms with E-state index in [0.717, 1.165) is 5.56 Å². The SMILES string of the molecule is C[C@@H](OC(=O)Cc1c(-c2ccc3c(c2)C(C)(C)OC(=O)N3)nnn1C)c1cccnc1F. The summed E-state index contributed by atoms with van der Waals surface area (Å²) in [5, 5.41) is 10.9. The number of anilines is 1. The van der Waals surface area contributed by atoms with Crippen LogP contribution in [-0.2, 0) is 33.3 Å². The van der Waals surface area contributed by atoms with E-state index >= 15 is 0 Å². The standard InChI is InChI=1S/C22H22FN5O4/c1-12(14-6-5-9-24-20(14)23)31-18(29)11-17-19(26-27-28(17)4)13-7-8-16-15(10-13)22(2,3)32-21(30)25-16/h5-10,12H,11H2,1-4H3,(H,25,30)/t12-/m1/s1. The molecule has 0 bridgehead atoms. The zero-order valence-corrected chi connectivity index (χ0v) is 18.0. The first-order valence-electron chi connectivity index (χ1n) is 9.99. The predicted octanol–water partition coefficient (Wildman–Crippen LogP) is 3.66. The fourth-order valence-electron chi connectivity index (χ4n) is 3.66. The summed E-state index contributed by atoms with van der Waals surface area (Å²) in [6, 6.07) is 8.49. The molecule has 9 nitrogen and oxygen atoms in total. The highest BCUT2D eigenvalue weighted by Crippen LogP contribution is 2.38. The van der Waals surface area contributed by atoms with Crippen LogP contribution in [0.25, 0.3) is 11.3 Å². The summed E-state index contributed by atoms with van der Waals surface area (Å²) in [5.41, 5.74) is 2.52. The minimum Gasteiger partial charge on any atom is -0.457 e. The average Bonchev–Trinajstić information content (AvgIpc) is 3.07. The number of fused-ring (bicyclic) bond motifs is 1. The summed E-state index contributed by atoms with van der Waals surface area (Å²) in [7, 11) is 1.68. The average molecular weight is 439 g/mol. The Hall–Kier alpha value is -3.82. The lowest BCUT2D eigenvalue weighted by Gasteiger charge is -2.32. The molecule has 0 fully saturated rings. The number of pyridine rings is 1. The molecule has 32 heavy (non-hydrogen) atoms. The van der Waals surface area contributed by atoms with Crippen molar-refractivity contribution in [2.75, 3.05) is 5.32 Å². The van der Waals surface area contributed by atoms with Gasteiger partial charge in [0.25, 0.3) is 0 Å². The Balaban J connectivity index is 1.59. The van der Waals surface area contributed by atoms with Gasteiger partial charge in [-0.1, -0.05) is 11.3 Å². The van der Waals surface area contributed by atoms with E-state index < -0.39 is 29.7 Å². The van der Waals surface area contributed by atoms with E-state index in [1.54, 1.807) is 46.0 Å². The van der Waals surface area contributed by atoms with Gasteiger partial charge in [0.05, 0.1) is 17.8 Å². The third kappa shape index (κ3) is 4.03. The smallest absolute Gasteiger partial charge is 0.412 e. The zero-order valence-electron chi connectivity index (χ0n) is 18.0. The van der Waals surface area contributed by atoms with Crippen LogP contribution in [0, 0.1) is 5.95 Å². The Morgan fingerprint density at radius 2 is 2.12 bits per heavy atom. The van der Waals surface area contributed by atoms with E-state index in [4.69, 9.17) is 9.47 Å². The monoisotopic (exact) mass is 439 g/mol. The van der Waals surface area contributed by atoms with Gasteiger partial charge in [-0.15, -0.1) is 5.10 Å². The van der Waals surface area contributed by atoms with Gasteiger partial charge in [-0.25, -0.2) is 9.78 Å². The molecule has 0 saturated heterocycles. The largest absolute Gasteiger partial charge is 0.457 e. The minimum absolute atomic E-state index is 0.112. The van der Waals surface area contributed by atoms with Crippen LogP contribution >= 0.6 is 0 Å². The highest BCUT2D eigenvalue weighted by atomic mass is 19.1. The van der Waals surface area contributed by atoms with E-state index in [9.17, 15) is 14.0 Å². The molecule has 2 aromatic heterocycles. The molecule has 4 rings (SSSR count). The number of nitrogens with zero attached hydrogens (tertiary/aromatic N) is 4. The molecular weight excluding hydrogens is 417 g/mol. The van der Waals surface area contributed by atoms with Gasteiger partial charge in [0.2, 0.25) is 5.95 Å². The van der Waals surface area contributed by atoms with Gasteiger partial charge >= 0.3 is 12.1 Å². The highest BCUT2D eigenvalue weighted by molar-refractivity contribution is 5.89. The fraction of sp³-hybridized carbons (Fsp3) is 0.318. The van der Waals surface area contributed by atoms with Gasteiger partial charge in [0, 0.05) is 29.9 Å². The van der Waals surface area contributed by atoms with Crippen LogP contribution < -0.4 is 5.32 Å². The number of hydrogen-bond acceptors (Lipinski definition) is 7. The van der Waals surface area contributed by atoms with E-state index in [1.165, 1.54) is 16.9 Å². The Morgan fingerprint density at radius 3 is 2.88 bits per heavy atom. The molecule has 1 N–H and O–H groups in total. The number of cyclic esters (lactones) is 1. The molecule has 0 saturated carbocycles. The Bertz CT molecular complexity index is 1210. The molecule has 3 aromatic rings.